The lowest BCUT2D eigenvalue weighted by Gasteiger charge is -2.14. The van der Waals surface area contributed by atoms with Gasteiger partial charge in [-0.25, -0.2) is 9.59 Å². The molecule has 0 spiro atoms. The van der Waals surface area contributed by atoms with Gasteiger partial charge in [0.25, 0.3) is 5.91 Å². The highest BCUT2D eigenvalue weighted by Crippen LogP contribution is 2.23. The summed E-state index contributed by atoms with van der Waals surface area (Å²) in [5.74, 6) is -2.46. The van der Waals surface area contributed by atoms with Gasteiger partial charge in [0.05, 0.1) is 12.1 Å². The number of amides is 2. The predicted molar refractivity (Wildman–Crippen MR) is 89.2 cm³/mol. The number of carbonyl (C=O) groups is 3. The number of hydrogen-bond acceptors (Lipinski definition) is 6. The maximum atomic E-state index is 12.0. The van der Waals surface area contributed by atoms with Crippen LogP contribution >= 0.6 is 0 Å². The first-order valence-corrected chi connectivity index (χ1v) is 7.22. The van der Waals surface area contributed by atoms with Crippen molar-refractivity contribution >= 4 is 23.9 Å². The predicted octanol–water partition coefficient (Wildman–Crippen LogP) is -1.50. The fourth-order valence-electron chi connectivity index (χ4n) is 1.77. The van der Waals surface area contributed by atoms with Gasteiger partial charge in [0.2, 0.25) is 0 Å². The Kier molecular flexibility index (Phi) is 7.48. The second-order valence-electron chi connectivity index (χ2n) is 4.88. The number of nitrogens with one attached hydrogen (secondary N) is 2. The normalized spacial score (nSPS) is 11.1. The van der Waals surface area contributed by atoms with Crippen LogP contribution in [-0.2, 0) is 4.79 Å². The molecule has 12 nitrogen and oxygen atoms in total. The number of benzene rings is 1. The Morgan fingerprint density at radius 3 is 2.46 bits per heavy atom. The molecule has 26 heavy (non-hydrogen) atoms. The first-order valence-electron chi connectivity index (χ1n) is 7.22. The number of ether oxygens (including phenoxy) is 1. The molecule has 12 heteroatoms. The molecule has 1 atom stereocenters. The van der Waals surface area contributed by atoms with Crippen LogP contribution < -0.4 is 26.8 Å². The van der Waals surface area contributed by atoms with Crippen LogP contribution in [-0.4, -0.2) is 65.0 Å². The van der Waals surface area contributed by atoms with Gasteiger partial charge in [0.15, 0.2) is 5.96 Å². The van der Waals surface area contributed by atoms with Crippen LogP contribution in [0, 0.1) is 0 Å². The van der Waals surface area contributed by atoms with E-state index in [4.69, 9.17) is 26.4 Å². The summed E-state index contributed by atoms with van der Waals surface area (Å²) < 4.78 is 5.28. The Morgan fingerprint density at radius 2 is 1.92 bits per heavy atom. The minimum atomic E-state index is -1.54. The number of aliphatic imine (C=N–C) groups is 1. The van der Waals surface area contributed by atoms with E-state index in [9.17, 15) is 19.5 Å². The molecule has 0 heterocycles. The van der Waals surface area contributed by atoms with Crippen LogP contribution in [0.25, 0.3) is 0 Å². The number of phenolic OH excluding ortho intramolecular Hbond substituents is 1. The average Bonchev–Trinajstić information content (AvgIpc) is 2.54. The van der Waals surface area contributed by atoms with E-state index in [1.807, 2.05) is 0 Å². The van der Waals surface area contributed by atoms with Crippen molar-refractivity contribution in [2.24, 2.45) is 16.5 Å². The summed E-state index contributed by atoms with van der Waals surface area (Å²) in [6.07, 6.45) is -1.54. The van der Waals surface area contributed by atoms with Crippen LogP contribution in [0.4, 0.5) is 4.79 Å². The van der Waals surface area contributed by atoms with Gasteiger partial charge < -0.3 is 42.2 Å². The Bertz CT molecular complexity index is 703. The minimum Gasteiger partial charge on any atom is -0.507 e. The Hall–Kier alpha value is -3.70. The molecule has 1 aromatic carbocycles. The second-order valence-corrected chi connectivity index (χ2v) is 4.88. The number of carboxylic acid groups (broad SMARTS) is 2. The van der Waals surface area contributed by atoms with E-state index in [1.54, 1.807) is 5.32 Å². The van der Waals surface area contributed by atoms with Crippen molar-refractivity contribution in [1.29, 1.82) is 0 Å². The molecule has 2 amide bonds. The number of guanidine groups is 1. The van der Waals surface area contributed by atoms with Gasteiger partial charge in [-0.2, -0.15) is 0 Å². The molecule has 142 valence electrons. The molecule has 0 aromatic heterocycles. The molecule has 1 aromatic rings. The summed E-state index contributed by atoms with van der Waals surface area (Å²) in [7, 11) is 0. The topological polar surface area (TPSA) is 210 Å². The van der Waals surface area contributed by atoms with E-state index in [1.165, 1.54) is 18.2 Å². The molecule has 0 aliphatic carbocycles. The quantitative estimate of drug-likeness (QED) is 0.153. The van der Waals surface area contributed by atoms with Crippen molar-refractivity contribution in [1.82, 2.24) is 10.6 Å². The number of phenols is 1. The Morgan fingerprint density at radius 1 is 1.23 bits per heavy atom. The fraction of sp³-hybridized carbons (Fsp3) is 0.286. The third kappa shape index (κ3) is 6.82. The van der Waals surface area contributed by atoms with E-state index < -0.39 is 36.3 Å². The minimum absolute atomic E-state index is 0.0829. The molecule has 1 unspecified atom stereocenters. The zero-order valence-electron chi connectivity index (χ0n) is 13.5. The van der Waals surface area contributed by atoms with Gasteiger partial charge in [-0.15, -0.1) is 0 Å². The molecule has 0 aliphatic heterocycles. The lowest BCUT2D eigenvalue weighted by molar-refractivity contribution is -0.139. The Labute approximate surface area is 147 Å². The van der Waals surface area contributed by atoms with E-state index in [0.717, 1.165) is 0 Å². The highest BCUT2D eigenvalue weighted by Gasteiger charge is 2.21. The molecule has 0 bridgehead atoms. The van der Waals surface area contributed by atoms with Crippen molar-refractivity contribution in [3.63, 3.8) is 0 Å². The summed E-state index contributed by atoms with van der Waals surface area (Å²) in [5.41, 5.74) is 10.2. The summed E-state index contributed by atoms with van der Waals surface area (Å²) in [5, 5.41) is 31.3. The molecule has 9 N–H and O–H groups in total. The van der Waals surface area contributed by atoms with Gasteiger partial charge in [0.1, 0.15) is 24.1 Å². The average molecular weight is 369 g/mol. The maximum Gasteiger partial charge on any atom is 0.405 e. The van der Waals surface area contributed by atoms with E-state index in [0.29, 0.717) is 0 Å². The number of carbonyl (C=O) groups excluding carboxylic acids is 1. The molecule has 0 fully saturated rings. The van der Waals surface area contributed by atoms with Crippen molar-refractivity contribution in [2.75, 3.05) is 19.7 Å². The number of carboxylic acids is 1. The van der Waals surface area contributed by atoms with E-state index in [-0.39, 0.29) is 30.4 Å². The number of nitrogens with zero attached hydrogens (tertiary/aromatic N) is 1. The smallest absolute Gasteiger partial charge is 0.405 e. The third-order valence-corrected chi connectivity index (χ3v) is 2.93. The lowest BCUT2D eigenvalue weighted by Crippen LogP contribution is -2.48. The molecular weight excluding hydrogens is 350 g/mol. The van der Waals surface area contributed by atoms with Crippen LogP contribution in [0.1, 0.15) is 10.4 Å². The van der Waals surface area contributed by atoms with Crippen molar-refractivity contribution < 1.29 is 34.4 Å². The summed E-state index contributed by atoms with van der Waals surface area (Å²) >= 11 is 0. The van der Waals surface area contributed by atoms with Crippen molar-refractivity contribution in [2.45, 2.75) is 6.04 Å². The van der Waals surface area contributed by atoms with Crippen molar-refractivity contribution in [3.05, 3.63) is 23.8 Å². The summed E-state index contributed by atoms with van der Waals surface area (Å²) in [6, 6.07) is 2.33. The van der Waals surface area contributed by atoms with Crippen LogP contribution in [0.3, 0.4) is 0 Å². The van der Waals surface area contributed by atoms with Crippen LogP contribution in [0.5, 0.6) is 11.5 Å². The molecule has 0 saturated heterocycles. The van der Waals surface area contributed by atoms with Crippen LogP contribution in [0.15, 0.2) is 23.2 Å². The van der Waals surface area contributed by atoms with Gasteiger partial charge >= 0.3 is 12.1 Å². The van der Waals surface area contributed by atoms with E-state index in [2.05, 4.69) is 10.3 Å². The zero-order chi connectivity index (χ0) is 19.7. The Balaban J connectivity index is 2.65. The fourth-order valence-corrected chi connectivity index (χ4v) is 1.77. The van der Waals surface area contributed by atoms with Crippen molar-refractivity contribution in [3.8, 4) is 11.5 Å². The third-order valence-electron chi connectivity index (χ3n) is 2.93. The van der Waals surface area contributed by atoms with Gasteiger partial charge in [0, 0.05) is 12.6 Å². The number of aromatic hydroxyl groups is 1. The van der Waals surface area contributed by atoms with E-state index >= 15 is 0 Å². The molecule has 0 saturated carbocycles. The monoisotopic (exact) mass is 369 g/mol. The molecule has 0 radical (unpaired) electrons. The second kappa shape index (κ2) is 9.56. The van der Waals surface area contributed by atoms with Gasteiger partial charge in [-0.3, -0.25) is 9.79 Å². The highest BCUT2D eigenvalue weighted by molar-refractivity contribution is 5.97. The largest absolute Gasteiger partial charge is 0.507 e. The van der Waals surface area contributed by atoms with Crippen LogP contribution in [0.2, 0.25) is 0 Å². The highest BCUT2D eigenvalue weighted by atomic mass is 16.5. The number of rotatable bonds is 9. The maximum absolute atomic E-state index is 12.0. The molecule has 1 rings (SSSR count). The van der Waals surface area contributed by atoms with Gasteiger partial charge in [-0.05, 0) is 12.1 Å². The SMILES string of the molecule is NC(N)=NCCOc1ccc(C(=O)NCC(NC(=O)O)C(=O)O)c(O)c1. The summed E-state index contributed by atoms with van der Waals surface area (Å²) in [4.78, 5) is 37.1. The number of aliphatic carboxylic acids is 1. The van der Waals surface area contributed by atoms with Gasteiger partial charge in [-0.1, -0.05) is 0 Å². The summed E-state index contributed by atoms with van der Waals surface area (Å²) in [6.45, 7) is -0.154. The number of hydrogen-bond donors (Lipinski definition) is 7. The zero-order valence-corrected chi connectivity index (χ0v) is 13.5. The first kappa shape index (κ1) is 20.3. The first-order chi connectivity index (χ1) is 12.2. The molecule has 0 aliphatic rings. The molecular formula is C14H19N5O7. The standard InChI is InChI=1S/C14H19N5O7/c15-13(16)17-3-4-26-7-1-2-8(10(20)5-7)11(21)18-6-9(12(22)23)19-14(24)25/h1-2,5,9,19-20H,3-4,6H2,(H,18,21)(H,22,23)(H,24,25)(H4,15,16,17). The number of nitrogens with two attached hydrogens (primary N) is 2. The lowest BCUT2D eigenvalue weighted by atomic mass is 10.1.